The Morgan fingerprint density at radius 1 is 0.795 bits per heavy atom. The Hall–Kier alpha value is -5.44. The third-order valence-corrected chi connectivity index (χ3v) is 6.76. The van der Waals surface area contributed by atoms with E-state index in [4.69, 9.17) is 11.5 Å². The third-order valence-electron chi connectivity index (χ3n) is 6.76. The first kappa shape index (κ1) is 33.1. The lowest BCUT2D eigenvalue weighted by Crippen LogP contribution is -2.58. The predicted octanol–water partition coefficient (Wildman–Crippen LogP) is -0.735. The Labute approximate surface area is 251 Å². The molecule has 0 radical (unpaired) electrons. The monoisotopic (exact) mass is 610 g/mol. The Kier molecular flexibility index (Phi) is 11.4. The van der Waals surface area contributed by atoms with Crippen LogP contribution in [0.3, 0.4) is 0 Å². The van der Waals surface area contributed by atoms with Crippen molar-refractivity contribution in [1.29, 1.82) is 0 Å². The van der Waals surface area contributed by atoms with Gasteiger partial charge in [-0.3, -0.25) is 24.0 Å². The number of amides is 4. The van der Waals surface area contributed by atoms with Gasteiger partial charge in [0.1, 0.15) is 23.9 Å². The standard InChI is InChI=1S/C29H34N6O9/c30-19(13-24(31)37)26(40)34-22(11-15-5-7-17(36)8-6-15)28(42)33-21(9-10-25(38)39)27(41)35-23(29(43)44)12-16-14-32-20-4-2-1-3-18(16)20/h1-8,14,19,21-23,32,36H,9-13,30H2,(H2,31,37)(H,33,42)(H,34,40)(H,35,41)(H,38,39)(H,43,44)/t19-,21-,22-,23-/m0/s1. The highest BCUT2D eigenvalue weighted by Crippen LogP contribution is 2.19. The van der Waals surface area contributed by atoms with Gasteiger partial charge in [0.25, 0.3) is 0 Å². The number of carboxylic acid groups (broad SMARTS) is 2. The van der Waals surface area contributed by atoms with E-state index in [0.717, 1.165) is 10.9 Å². The first-order valence-electron chi connectivity index (χ1n) is 13.6. The van der Waals surface area contributed by atoms with E-state index in [1.807, 2.05) is 0 Å². The number of benzene rings is 2. The van der Waals surface area contributed by atoms with Gasteiger partial charge in [-0.1, -0.05) is 30.3 Å². The molecule has 1 aromatic heterocycles. The van der Waals surface area contributed by atoms with Crippen molar-refractivity contribution in [2.24, 2.45) is 11.5 Å². The average Bonchev–Trinajstić information content (AvgIpc) is 3.37. The van der Waals surface area contributed by atoms with Crippen LogP contribution in [0.25, 0.3) is 10.9 Å². The molecule has 11 N–H and O–H groups in total. The van der Waals surface area contributed by atoms with Crippen LogP contribution in [0.1, 0.15) is 30.4 Å². The van der Waals surface area contributed by atoms with Crippen LogP contribution in [0, 0.1) is 0 Å². The van der Waals surface area contributed by atoms with Gasteiger partial charge in [0.2, 0.25) is 23.6 Å². The third kappa shape index (κ3) is 9.55. The number of nitrogens with two attached hydrogens (primary N) is 2. The van der Waals surface area contributed by atoms with E-state index in [0.29, 0.717) is 11.1 Å². The average molecular weight is 611 g/mol. The molecule has 0 saturated carbocycles. The molecule has 0 bridgehead atoms. The van der Waals surface area contributed by atoms with Crippen molar-refractivity contribution < 1.29 is 44.1 Å². The summed E-state index contributed by atoms with van der Waals surface area (Å²) in [7, 11) is 0. The molecule has 0 unspecified atom stereocenters. The van der Waals surface area contributed by atoms with Crippen molar-refractivity contribution in [3.8, 4) is 5.75 Å². The van der Waals surface area contributed by atoms with Crippen LogP contribution in [0.2, 0.25) is 0 Å². The van der Waals surface area contributed by atoms with Crippen molar-refractivity contribution in [2.75, 3.05) is 0 Å². The van der Waals surface area contributed by atoms with Gasteiger partial charge in [-0.2, -0.15) is 0 Å². The molecule has 0 aliphatic heterocycles. The lowest BCUT2D eigenvalue weighted by atomic mass is 10.0. The number of hydrogen-bond acceptors (Lipinski definition) is 8. The van der Waals surface area contributed by atoms with Crippen LogP contribution in [0.4, 0.5) is 0 Å². The second kappa shape index (κ2) is 15.2. The van der Waals surface area contributed by atoms with Crippen LogP contribution in [0.5, 0.6) is 5.75 Å². The second-order valence-corrected chi connectivity index (χ2v) is 10.2. The van der Waals surface area contributed by atoms with Gasteiger partial charge in [0.15, 0.2) is 0 Å². The second-order valence-electron chi connectivity index (χ2n) is 10.2. The number of carboxylic acids is 2. The highest BCUT2D eigenvalue weighted by atomic mass is 16.4. The number of rotatable bonds is 16. The Balaban J connectivity index is 1.81. The molecule has 0 aliphatic rings. The van der Waals surface area contributed by atoms with E-state index in [1.165, 1.54) is 24.3 Å². The van der Waals surface area contributed by atoms with Gasteiger partial charge >= 0.3 is 11.9 Å². The van der Waals surface area contributed by atoms with Crippen molar-refractivity contribution >= 4 is 46.5 Å². The summed E-state index contributed by atoms with van der Waals surface area (Å²) in [4.78, 5) is 77.0. The summed E-state index contributed by atoms with van der Waals surface area (Å²) >= 11 is 0. The molecule has 15 heteroatoms. The molecule has 3 rings (SSSR count). The summed E-state index contributed by atoms with van der Waals surface area (Å²) < 4.78 is 0. The van der Waals surface area contributed by atoms with Crippen molar-refractivity contribution in [3.05, 3.63) is 65.9 Å². The minimum absolute atomic E-state index is 0.0479. The van der Waals surface area contributed by atoms with Crippen molar-refractivity contribution in [2.45, 2.75) is 56.3 Å². The number of nitrogens with one attached hydrogen (secondary N) is 4. The lowest BCUT2D eigenvalue weighted by Gasteiger charge is -2.25. The number of phenols is 1. The number of primary amides is 1. The quantitative estimate of drug-likeness (QED) is 0.0980. The predicted molar refractivity (Wildman–Crippen MR) is 156 cm³/mol. The molecule has 15 nitrogen and oxygen atoms in total. The summed E-state index contributed by atoms with van der Waals surface area (Å²) in [6.07, 6.45) is -0.0782. The molecule has 4 amide bonds. The lowest BCUT2D eigenvalue weighted by molar-refractivity contribution is -0.143. The van der Waals surface area contributed by atoms with Gasteiger partial charge in [-0.05, 0) is 35.7 Å². The molecule has 0 saturated heterocycles. The molecule has 0 spiro atoms. The van der Waals surface area contributed by atoms with E-state index in [9.17, 15) is 44.1 Å². The maximum absolute atomic E-state index is 13.4. The van der Waals surface area contributed by atoms with Gasteiger partial charge in [0.05, 0.1) is 12.5 Å². The largest absolute Gasteiger partial charge is 0.508 e. The number of aromatic amines is 1. The fraction of sp³-hybridized carbons (Fsp3) is 0.310. The Morgan fingerprint density at radius 2 is 1.41 bits per heavy atom. The van der Waals surface area contributed by atoms with Crippen LogP contribution in [-0.4, -0.2) is 80.0 Å². The molecular formula is C29H34N6O9. The van der Waals surface area contributed by atoms with E-state index in [-0.39, 0.29) is 18.6 Å². The highest BCUT2D eigenvalue weighted by Gasteiger charge is 2.31. The molecular weight excluding hydrogens is 576 g/mol. The zero-order valence-electron chi connectivity index (χ0n) is 23.5. The molecule has 44 heavy (non-hydrogen) atoms. The van der Waals surface area contributed by atoms with Crippen LogP contribution in [0.15, 0.2) is 54.7 Å². The van der Waals surface area contributed by atoms with Crippen molar-refractivity contribution in [3.63, 3.8) is 0 Å². The van der Waals surface area contributed by atoms with E-state index >= 15 is 0 Å². The van der Waals surface area contributed by atoms with Crippen LogP contribution >= 0.6 is 0 Å². The Morgan fingerprint density at radius 3 is 2.05 bits per heavy atom. The number of para-hydroxylation sites is 1. The minimum atomic E-state index is -1.50. The fourth-order valence-electron chi connectivity index (χ4n) is 4.47. The SMILES string of the molecule is NC(=O)C[C@H](N)C(=O)N[C@@H](Cc1ccc(O)cc1)C(=O)N[C@@H](CCC(=O)O)C(=O)N[C@@H](Cc1c[nH]c2ccccc12)C(=O)O. The number of hydrogen-bond donors (Lipinski definition) is 9. The molecule has 0 fully saturated rings. The molecule has 3 aromatic rings. The number of fused-ring (bicyclic) bond motifs is 1. The van der Waals surface area contributed by atoms with Gasteiger partial charge in [0, 0.05) is 36.4 Å². The number of carbonyl (C=O) groups is 6. The van der Waals surface area contributed by atoms with Crippen LogP contribution < -0.4 is 27.4 Å². The first-order valence-corrected chi connectivity index (χ1v) is 13.6. The molecule has 234 valence electrons. The summed E-state index contributed by atoms with van der Waals surface area (Å²) in [6.45, 7) is 0. The smallest absolute Gasteiger partial charge is 0.326 e. The number of aromatic nitrogens is 1. The van der Waals surface area contributed by atoms with E-state index < -0.39 is 79.0 Å². The summed E-state index contributed by atoms with van der Waals surface area (Å²) in [5.41, 5.74) is 12.7. The van der Waals surface area contributed by atoms with E-state index in [2.05, 4.69) is 20.9 Å². The van der Waals surface area contributed by atoms with Gasteiger partial charge in [-0.25, -0.2) is 4.79 Å². The number of phenolic OH excluding ortho intramolecular Hbond substituents is 1. The number of aromatic hydroxyl groups is 1. The normalized spacial score (nSPS) is 13.7. The number of H-pyrrole nitrogens is 1. The summed E-state index contributed by atoms with van der Waals surface area (Å²) in [6, 6.07) is 7.19. The van der Waals surface area contributed by atoms with Crippen LogP contribution in [-0.2, 0) is 41.6 Å². The fourth-order valence-corrected chi connectivity index (χ4v) is 4.47. The van der Waals surface area contributed by atoms with E-state index in [1.54, 1.807) is 30.5 Å². The maximum Gasteiger partial charge on any atom is 0.326 e. The zero-order valence-corrected chi connectivity index (χ0v) is 23.5. The Bertz CT molecular complexity index is 1520. The first-order chi connectivity index (χ1) is 20.8. The van der Waals surface area contributed by atoms with Gasteiger partial charge < -0.3 is 47.7 Å². The van der Waals surface area contributed by atoms with Gasteiger partial charge in [-0.15, -0.1) is 0 Å². The molecule has 1 heterocycles. The minimum Gasteiger partial charge on any atom is -0.508 e. The summed E-state index contributed by atoms with van der Waals surface area (Å²) in [5.74, 6) is -6.27. The van der Waals surface area contributed by atoms with Crippen molar-refractivity contribution in [1.82, 2.24) is 20.9 Å². The highest BCUT2D eigenvalue weighted by molar-refractivity contribution is 5.95. The number of aliphatic carboxylic acids is 2. The molecule has 4 atom stereocenters. The number of carbonyl (C=O) groups excluding carboxylic acids is 4. The zero-order chi connectivity index (χ0) is 32.4. The maximum atomic E-state index is 13.4. The molecule has 0 aliphatic carbocycles. The topological polar surface area (TPSA) is 267 Å². The summed E-state index contributed by atoms with van der Waals surface area (Å²) in [5, 5.41) is 36.6. The molecule has 2 aromatic carbocycles.